The van der Waals surface area contributed by atoms with Crippen LogP contribution in [0.3, 0.4) is 0 Å². The Morgan fingerprint density at radius 1 is 1.00 bits per heavy atom. The smallest absolute Gasteiger partial charge is 0.274 e. The first-order valence-corrected chi connectivity index (χ1v) is 11.8. The van der Waals surface area contributed by atoms with E-state index in [2.05, 4.69) is 0 Å². The number of para-hydroxylation sites is 1. The van der Waals surface area contributed by atoms with Gasteiger partial charge in [0.05, 0.1) is 22.1 Å². The number of hydrogen-bond acceptors (Lipinski definition) is 5. The van der Waals surface area contributed by atoms with E-state index in [-0.39, 0.29) is 11.7 Å². The first-order valence-electron chi connectivity index (χ1n) is 9.80. The van der Waals surface area contributed by atoms with Crippen molar-refractivity contribution in [3.8, 4) is 0 Å². The second-order valence-corrected chi connectivity index (χ2v) is 9.75. The number of aryl methyl sites for hydroxylation is 1. The molecule has 0 spiro atoms. The molecule has 2 heterocycles. The standard InChI is InChI=1S/C24H17ClFN3OS2/c1-14-5-3-4-6-18(14)27-24-29(17-10-8-16(26)9-11-17)22(30)21(32-24)23-28(2)19-13-15(25)7-12-20(19)31-23/h3-13H,1-2H3. The summed E-state index contributed by atoms with van der Waals surface area (Å²) in [4.78, 5) is 23.6. The number of amidine groups is 1. The molecule has 160 valence electrons. The van der Waals surface area contributed by atoms with Crippen LogP contribution in [0.15, 0.2) is 86.6 Å². The lowest BCUT2D eigenvalue weighted by Gasteiger charge is -2.17. The topological polar surface area (TPSA) is 35.9 Å². The third kappa shape index (κ3) is 3.70. The van der Waals surface area contributed by atoms with Gasteiger partial charge in [-0.2, -0.15) is 0 Å². The van der Waals surface area contributed by atoms with E-state index in [0.717, 1.165) is 26.9 Å². The highest BCUT2D eigenvalue weighted by atomic mass is 35.5. The van der Waals surface area contributed by atoms with E-state index in [1.807, 2.05) is 61.3 Å². The Balaban J connectivity index is 1.63. The van der Waals surface area contributed by atoms with Crippen molar-refractivity contribution in [2.24, 2.45) is 4.99 Å². The van der Waals surface area contributed by atoms with Gasteiger partial charge in [-0.1, -0.05) is 41.6 Å². The van der Waals surface area contributed by atoms with E-state index < -0.39 is 0 Å². The normalized spacial score (nSPS) is 19.2. The molecule has 2 aliphatic heterocycles. The molecular weight excluding hydrogens is 465 g/mol. The second kappa shape index (κ2) is 8.31. The van der Waals surface area contributed by atoms with Crippen molar-refractivity contribution in [1.29, 1.82) is 0 Å². The van der Waals surface area contributed by atoms with Crippen molar-refractivity contribution >= 4 is 63.3 Å². The molecule has 8 heteroatoms. The molecule has 0 aromatic heterocycles. The third-order valence-corrected chi connectivity index (χ3v) is 7.82. The highest BCUT2D eigenvalue weighted by molar-refractivity contribution is 8.20. The molecule has 1 amide bonds. The van der Waals surface area contributed by atoms with Crippen molar-refractivity contribution in [3.63, 3.8) is 0 Å². The molecule has 0 radical (unpaired) electrons. The molecule has 1 saturated heterocycles. The summed E-state index contributed by atoms with van der Waals surface area (Å²) >= 11 is 9.04. The minimum Gasteiger partial charge on any atom is -0.337 e. The van der Waals surface area contributed by atoms with Crippen LogP contribution < -0.4 is 9.80 Å². The molecule has 0 bridgehead atoms. The molecule has 1 fully saturated rings. The van der Waals surface area contributed by atoms with Crippen molar-refractivity contribution in [1.82, 2.24) is 0 Å². The molecule has 3 aromatic carbocycles. The second-order valence-electron chi connectivity index (χ2n) is 7.31. The molecule has 5 rings (SSSR count). The van der Waals surface area contributed by atoms with Crippen LogP contribution in [0.25, 0.3) is 0 Å². The van der Waals surface area contributed by atoms with Crippen LogP contribution in [0.4, 0.5) is 21.5 Å². The SMILES string of the molecule is Cc1ccccc1N=C1SC(=C2Sc3ccc(Cl)cc3N2C)C(=O)N1c1ccc(F)cc1. The maximum Gasteiger partial charge on any atom is 0.274 e. The third-order valence-electron chi connectivity index (χ3n) is 5.19. The van der Waals surface area contributed by atoms with Crippen LogP contribution in [0.2, 0.25) is 5.02 Å². The molecule has 0 aliphatic carbocycles. The molecule has 3 aromatic rings. The summed E-state index contributed by atoms with van der Waals surface area (Å²) in [7, 11) is 1.92. The van der Waals surface area contributed by atoms with Gasteiger partial charge in [-0.05, 0) is 72.8 Å². The van der Waals surface area contributed by atoms with Crippen LogP contribution in [-0.4, -0.2) is 18.1 Å². The van der Waals surface area contributed by atoms with E-state index in [0.29, 0.717) is 20.8 Å². The van der Waals surface area contributed by atoms with Gasteiger partial charge in [0.25, 0.3) is 5.91 Å². The number of hydrogen-bond donors (Lipinski definition) is 0. The van der Waals surface area contributed by atoms with Crippen molar-refractivity contribution in [3.05, 3.63) is 93.1 Å². The lowest BCUT2D eigenvalue weighted by Crippen LogP contribution is -2.29. The zero-order valence-electron chi connectivity index (χ0n) is 17.2. The molecule has 0 N–H and O–H groups in total. The van der Waals surface area contributed by atoms with Crippen LogP contribution in [-0.2, 0) is 4.79 Å². The Hall–Kier alpha value is -2.74. The molecule has 2 aliphatic rings. The van der Waals surface area contributed by atoms with E-state index in [1.54, 1.807) is 17.0 Å². The molecule has 0 atom stereocenters. The molecule has 0 saturated carbocycles. The number of halogens is 2. The number of thioether (sulfide) groups is 2. The summed E-state index contributed by atoms with van der Waals surface area (Å²) in [6.07, 6.45) is 0. The number of carbonyl (C=O) groups is 1. The number of aliphatic imine (C=N–C) groups is 1. The molecule has 0 unspecified atom stereocenters. The Morgan fingerprint density at radius 3 is 2.50 bits per heavy atom. The van der Waals surface area contributed by atoms with E-state index >= 15 is 0 Å². The number of carbonyl (C=O) groups excluding carboxylic acids is 1. The number of fused-ring (bicyclic) bond motifs is 1. The van der Waals surface area contributed by atoms with Crippen molar-refractivity contribution < 1.29 is 9.18 Å². The summed E-state index contributed by atoms with van der Waals surface area (Å²) in [6, 6.07) is 19.3. The number of anilines is 2. The van der Waals surface area contributed by atoms with E-state index in [1.165, 1.54) is 35.7 Å². The van der Waals surface area contributed by atoms with Gasteiger partial charge in [-0.25, -0.2) is 9.38 Å². The number of nitrogens with zero attached hydrogens (tertiary/aromatic N) is 3. The highest BCUT2D eigenvalue weighted by Crippen LogP contribution is 2.51. The fourth-order valence-electron chi connectivity index (χ4n) is 3.51. The average Bonchev–Trinajstić information content (AvgIpc) is 3.27. The predicted octanol–water partition coefficient (Wildman–Crippen LogP) is 6.97. The van der Waals surface area contributed by atoms with Crippen molar-refractivity contribution in [2.75, 3.05) is 16.8 Å². The van der Waals surface area contributed by atoms with Gasteiger partial charge in [0.15, 0.2) is 5.17 Å². The van der Waals surface area contributed by atoms with Crippen LogP contribution in [0.1, 0.15) is 5.56 Å². The largest absolute Gasteiger partial charge is 0.337 e. The van der Waals surface area contributed by atoms with Gasteiger partial charge in [0.2, 0.25) is 0 Å². The average molecular weight is 482 g/mol. The molecule has 32 heavy (non-hydrogen) atoms. The summed E-state index contributed by atoms with van der Waals surface area (Å²) < 4.78 is 13.6. The van der Waals surface area contributed by atoms with Gasteiger partial charge in [0.1, 0.15) is 10.7 Å². The first-order chi connectivity index (χ1) is 15.4. The Labute approximate surface area is 198 Å². The fraction of sp³-hybridized carbons (Fsp3) is 0.0833. The van der Waals surface area contributed by atoms with E-state index in [4.69, 9.17) is 16.6 Å². The molecular formula is C24H17ClFN3OS2. The van der Waals surface area contributed by atoms with Crippen molar-refractivity contribution in [2.45, 2.75) is 11.8 Å². The zero-order valence-corrected chi connectivity index (χ0v) is 19.6. The van der Waals surface area contributed by atoms with Gasteiger partial charge in [-0.15, -0.1) is 0 Å². The zero-order chi connectivity index (χ0) is 22.4. The van der Waals surface area contributed by atoms with E-state index in [9.17, 15) is 9.18 Å². The monoisotopic (exact) mass is 481 g/mol. The summed E-state index contributed by atoms with van der Waals surface area (Å²) in [5.41, 5.74) is 3.31. The lowest BCUT2D eigenvalue weighted by molar-refractivity contribution is -0.113. The van der Waals surface area contributed by atoms with Crippen LogP contribution >= 0.6 is 35.1 Å². The summed E-state index contributed by atoms with van der Waals surface area (Å²) in [6.45, 7) is 1.98. The number of rotatable bonds is 2. The van der Waals surface area contributed by atoms with Gasteiger partial charge < -0.3 is 4.90 Å². The fourth-order valence-corrected chi connectivity index (χ4v) is 5.99. The Bertz CT molecular complexity index is 1310. The summed E-state index contributed by atoms with van der Waals surface area (Å²) in [5, 5.41) is 1.99. The van der Waals surface area contributed by atoms with Gasteiger partial charge >= 0.3 is 0 Å². The Kier molecular flexibility index (Phi) is 5.49. The maximum absolute atomic E-state index is 13.6. The first kappa shape index (κ1) is 21.1. The number of benzene rings is 3. The predicted molar refractivity (Wildman–Crippen MR) is 132 cm³/mol. The lowest BCUT2D eigenvalue weighted by atomic mass is 10.2. The quantitative estimate of drug-likeness (QED) is 0.370. The molecule has 4 nitrogen and oxygen atoms in total. The maximum atomic E-state index is 13.6. The number of amides is 1. The van der Waals surface area contributed by atoms with Gasteiger partial charge in [0, 0.05) is 17.0 Å². The van der Waals surface area contributed by atoms with Gasteiger partial charge in [-0.3, -0.25) is 9.69 Å². The minimum atomic E-state index is -0.359. The summed E-state index contributed by atoms with van der Waals surface area (Å²) in [5.74, 6) is -0.551. The Morgan fingerprint density at radius 2 is 1.75 bits per heavy atom. The minimum absolute atomic E-state index is 0.192. The van der Waals surface area contributed by atoms with Crippen LogP contribution in [0, 0.1) is 12.7 Å². The highest BCUT2D eigenvalue weighted by Gasteiger charge is 2.40. The van der Waals surface area contributed by atoms with Crippen LogP contribution in [0.5, 0.6) is 0 Å².